The van der Waals surface area contributed by atoms with Crippen LogP contribution >= 0.6 is 0 Å². The minimum atomic E-state index is -2.65. The van der Waals surface area contributed by atoms with Crippen LogP contribution in [0, 0.1) is 18.8 Å². The lowest BCUT2D eigenvalue weighted by Crippen LogP contribution is -2.33. The van der Waals surface area contributed by atoms with Crippen LogP contribution in [0.4, 0.5) is 8.78 Å². The van der Waals surface area contributed by atoms with Crippen LogP contribution in [-0.4, -0.2) is 52.6 Å². The normalized spacial score (nSPS) is 25.9. The van der Waals surface area contributed by atoms with E-state index < -0.39 is 6.43 Å². The van der Waals surface area contributed by atoms with Gasteiger partial charge in [-0.3, -0.25) is 14.8 Å². The summed E-state index contributed by atoms with van der Waals surface area (Å²) in [4.78, 5) is 16.8. The summed E-state index contributed by atoms with van der Waals surface area (Å²) in [7, 11) is 2.13. The summed E-state index contributed by atoms with van der Waals surface area (Å²) in [5, 5.41) is 6.03. The first-order chi connectivity index (χ1) is 12.5. The zero-order valence-electron chi connectivity index (χ0n) is 14.8. The van der Waals surface area contributed by atoms with Gasteiger partial charge >= 0.3 is 0 Å². The molecular weight excluding hydrogens is 338 g/mol. The molecule has 138 valence electrons. The third-order valence-corrected chi connectivity index (χ3v) is 5.74. The Labute approximate surface area is 151 Å². The van der Waals surface area contributed by atoms with Gasteiger partial charge in [-0.2, -0.15) is 5.10 Å². The molecular formula is C19H22F2N4O. The molecule has 7 heteroatoms. The maximum Gasteiger partial charge on any atom is 0.279 e. The summed E-state index contributed by atoms with van der Waals surface area (Å²) >= 11 is 0. The standard InChI is InChI=1S/C19H22F2N4O/c1-11-5-3-4-6-13(11)17-14-10-25(9-12(14)8-24(17)2)19(26)16-7-15(18(20)21)22-23-16/h3-7,12,14,17-18H,8-10H2,1-2H3,(H,22,23)/t12-,14+,17-/m0/s1. The SMILES string of the molecule is Cc1ccccc1[C@H]1[C@@H]2CN(C(=O)c3cc(C(F)F)[nH]n3)C[C@@H]2CN1C. The van der Waals surface area contributed by atoms with Crippen LogP contribution in [0.15, 0.2) is 30.3 Å². The van der Waals surface area contributed by atoms with Crippen molar-refractivity contribution in [1.29, 1.82) is 0 Å². The van der Waals surface area contributed by atoms with E-state index in [4.69, 9.17) is 0 Å². The van der Waals surface area contributed by atoms with Gasteiger partial charge in [0.2, 0.25) is 0 Å². The summed E-state index contributed by atoms with van der Waals surface area (Å²) in [5.41, 5.74) is 2.31. The van der Waals surface area contributed by atoms with E-state index in [-0.39, 0.29) is 23.3 Å². The van der Waals surface area contributed by atoms with Crippen molar-refractivity contribution in [2.24, 2.45) is 11.8 Å². The molecule has 1 amide bonds. The van der Waals surface area contributed by atoms with E-state index in [1.807, 2.05) is 6.07 Å². The molecule has 1 aromatic carbocycles. The van der Waals surface area contributed by atoms with Gasteiger partial charge in [0.05, 0.1) is 0 Å². The van der Waals surface area contributed by atoms with Crippen molar-refractivity contribution in [3.8, 4) is 0 Å². The van der Waals surface area contributed by atoms with E-state index in [9.17, 15) is 13.6 Å². The van der Waals surface area contributed by atoms with Crippen molar-refractivity contribution in [3.05, 3.63) is 52.8 Å². The third kappa shape index (κ3) is 2.80. The molecule has 0 spiro atoms. The predicted molar refractivity (Wildman–Crippen MR) is 93.0 cm³/mol. The summed E-state index contributed by atoms with van der Waals surface area (Å²) in [6.07, 6.45) is -2.65. The largest absolute Gasteiger partial charge is 0.337 e. The Hall–Kier alpha value is -2.28. The lowest BCUT2D eigenvalue weighted by atomic mass is 9.88. The number of carbonyl (C=O) groups excluding carboxylic acids is 1. The van der Waals surface area contributed by atoms with Gasteiger partial charge in [-0.05, 0) is 37.1 Å². The maximum atomic E-state index is 12.7. The van der Waals surface area contributed by atoms with Crippen molar-refractivity contribution >= 4 is 5.91 Å². The monoisotopic (exact) mass is 360 g/mol. The molecule has 5 nitrogen and oxygen atoms in total. The van der Waals surface area contributed by atoms with Gasteiger partial charge in [-0.25, -0.2) is 8.78 Å². The van der Waals surface area contributed by atoms with Crippen LogP contribution in [0.25, 0.3) is 0 Å². The van der Waals surface area contributed by atoms with E-state index in [0.717, 1.165) is 12.6 Å². The minimum Gasteiger partial charge on any atom is -0.337 e. The molecule has 2 aliphatic heterocycles. The number of likely N-dealkylation sites (tertiary alicyclic amines) is 2. The first kappa shape index (κ1) is 17.1. The van der Waals surface area contributed by atoms with Crippen LogP contribution in [0.2, 0.25) is 0 Å². The van der Waals surface area contributed by atoms with Gasteiger partial charge in [-0.1, -0.05) is 24.3 Å². The Kier molecular flexibility index (Phi) is 4.26. The Morgan fingerprint density at radius 2 is 2.04 bits per heavy atom. The fourth-order valence-electron chi connectivity index (χ4n) is 4.53. The second kappa shape index (κ2) is 6.46. The first-order valence-corrected chi connectivity index (χ1v) is 8.84. The van der Waals surface area contributed by atoms with E-state index in [1.54, 1.807) is 4.90 Å². The highest BCUT2D eigenvalue weighted by Crippen LogP contribution is 2.45. The molecule has 2 saturated heterocycles. The molecule has 0 aliphatic carbocycles. The number of fused-ring (bicyclic) bond motifs is 1. The molecule has 26 heavy (non-hydrogen) atoms. The van der Waals surface area contributed by atoms with Crippen LogP contribution in [0.1, 0.15) is 39.8 Å². The molecule has 2 aromatic rings. The average Bonchev–Trinajstić information content (AvgIpc) is 3.29. The zero-order chi connectivity index (χ0) is 18.4. The van der Waals surface area contributed by atoms with E-state index in [0.29, 0.717) is 24.9 Å². The fourth-order valence-corrected chi connectivity index (χ4v) is 4.53. The van der Waals surface area contributed by atoms with E-state index >= 15 is 0 Å². The van der Waals surface area contributed by atoms with Gasteiger partial charge in [0.25, 0.3) is 12.3 Å². The Morgan fingerprint density at radius 1 is 1.27 bits per heavy atom. The zero-order valence-corrected chi connectivity index (χ0v) is 14.8. The van der Waals surface area contributed by atoms with Gasteiger partial charge < -0.3 is 4.90 Å². The lowest BCUT2D eigenvalue weighted by molar-refractivity contribution is 0.0762. The van der Waals surface area contributed by atoms with Crippen LogP contribution < -0.4 is 0 Å². The van der Waals surface area contributed by atoms with Gasteiger partial charge in [-0.15, -0.1) is 0 Å². The highest BCUT2D eigenvalue weighted by Gasteiger charge is 2.47. The number of aromatic nitrogens is 2. The number of aromatic amines is 1. The molecule has 0 radical (unpaired) electrons. The Morgan fingerprint density at radius 3 is 2.73 bits per heavy atom. The molecule has 0 unspecified atom stereocenters. The second-order valence-corrected chi connectivity index (χ2v) is 7.38. The number of hydrogen-bond acceptors (Lipinski definition) is 3. The third-order valence-electron chi connectivity index (χ3n) is 5.74. The number of halogens is 2. The Bertz CT molecular complexity index is 821. The number of H-pyrrole nitrogens is 1. The molecule has 4 rings (SSSR count). The number of alkyl halides is 2. The van der Waals surface area contributed by atoms with Gasteiger partial charge in [0, 0.05) is 31.6 Å². The smallest absolute Gasteiger partial charge is 0.279 e. The van der Waals surface area contributed by atoms with Crippen molar-refractivity contribution < 1.29 is 13.6 Å². The number of rotatable bonds is 3. The summed E-state index contributed by atoms with van der Waals surface area (Å²) in [5.74, 6) is 0.467. The van der Waals surface area contributed by atoms with Crippen molar-refractivity contribution in [2.45, 2.75) is 19.4 Å². The van der Waals surface area contributed by atoms with Crippen molar-refractivity contribution in [1.82, 2.24) is 20.0 Å². The van der Waals surface area contributed by atoms with E-state index in [1.165, 1.54) is 11.1 Å². The number of hydrogen-bond donors (Lipinski definition) is 1. The topological polar surface area (TPSA) is 52.2 Å². The van der Waals surface area contributed by atoms with Crippen LogP contribution in [-0.2, 0) is 0 Å². The highest BCUT2D eigenvalue weighted by atomic mass is 19.3. The average molecular weight is 360 g/mol. The second-order valence-electron chi connectivity index (χ2n) is 7.38. The van der Waals surface area contributed by atoms with Crippen molar-refractivity contribution in [3.63, 3.8) is 0 Å². The summed E-state index contributed by atoms with van der Waals surface area (Å²) < 4.78 is 25.5. The molecule has 2 fully saturated rings. The lowest BCUT2D eigenvalue weighted by Gasteiger charge is -2.27. The summed E-state index contributed by atoms with van der Waals surface area (Å²) in [6, 6.07) is 9.79. The molecule has 3 heterocycles. The van der Waals surface area contributed by atoms with Gasteiger partial charge in [0.15, 0.2) is 5.69 Å². The molecule has 0 bridgehead atoms. The number of carbonyl (C=O) groups is 1. The summed E-state index contributed by atoms with van der Waals surface area (Å²) in [6.45, 7) is 4.32. The number of amides is 1. The first-order valence-electron chi connectivity index (χ1n) is 8.84. The van der Waals surface area contributed by atoms with Crippen molar-refractivity contribution in [2.75, 3.05) is 26.7 Å². The molecule has 0 saturated carbocycles. The molecule has 1 N–H and O–H groups in total. The quantitative estimate of drug-likeness (QED) is 0.915. The number of nitrogens with zero attached hydrogens (tertiary/aromatic N) is 3. The maximum absolute atomic E-state index is 12.7. The number of nitrogens with one attached hydrogen (secondary N) is 1. The van der Waals surface area contributed by atoms with E-state index in [2.05, 4.69) is 47.3 Å². The predicted octanol–water partition coefficient (Wildman–Crippen LogP) is 3.03. The number of benzene rings is 1. The fraction of sp³-hybridized carbons (Fsp3) is 0.474. The Balaban J connectivity index is 1.54. The van der Waals surface area contributed by atoms with Crippen LogP contribution in [0.3, 0.4) is 0 Å². The van der Waals surface area contributed by atoms with Gasteiger partial charge in [0.1, 0.15) is 5.69 Å². The van der Waals surface area contributed by atoms with Crippen LogP contribution in [0.5, 0.6) is 0 Å². The minimum absolute atomic E-state index is 0.0704. The highest BCUT2D eigenvalue weighted by molar-refractivity contribution is 5.92. The number of aryl methyl sites for hydroxylation is 1. The molecule has 3 atom stereocenters. The molecule has 1 aromatic heterocycles. The molecule has 2 aliphatic rings.